The Morgan fingerprint density at radius 3 is 2.57 bits per heavy atom. The molecule has 3 atom stereocenters. The summed E-state index contributed by atoms with van der Waals surface area (Å²) in [4.78, 5) is 28.6. The number of carbonyl (C=O) groups excluding carboxylic acids is 2. The molecule has 0 bridgehead atoms. The van der Waals surface area contributed by atoms with Crippen LogP contribution in [0, 0.1) is 3.57 Å². The second kappa shape index (κ2) is 18.0. The highest BCUT2D eigenvalue weighted by molar-refractivity contribution is 14.1. The summed E-state index contributed by atoms with van der Waals surface area (Å²) in [6.07, 6.45) is 4.31. The van der Waals surface area contributed by atoms with Crippen LogP contribution in [0.2, 0.25) is 0 Å². The van der Waals surface area contributed by atoms with Gasteiger partial charge in [0.25, 0.3) is 0 Å². The Labute approximate surface area is 272 Å². The number of hydrogen-bond acceptors (Lipinski definition) is 8. The molecule has 1 aliphatic rings. The average molecular weight is 723 g/mol. The predicted molar refractivity (Wildman–Crippen MR) is 176 cm³/mol. The molecule has 2 aromatic carbocycles. The number of para-hydroxylation sites is 1. The van der Waals surface area contributed by atoms with Crippen LogP contribution in [0.5, 0.6) is 17.2 Å². The SMILES string of the molecule is C=CCCCCC(=O)N(CCc1ccccc1OC)[C@@H]1CC(C(=O)NCCO)=C[C@H](Oc2c(I)cc(CO)cc2OC)[C@H]1O. The number of benzene rings is 2. The van der Waals surface area contributed by atoms with Crippen LogP contribution in [-0.2, 0) is 22.6 Å². The molecule has 2 aromatic rings. The molecular formula is C33H43IN2O8. The minimum absolute atomic E-state index is 0.0585. The number of methoxy groups -OCH3 is 2. The zero-order valence-electron chi connectivity index (χ0n) is 25.3. The molecule has 0 saturated carbocycles. The zero-order chi connectivity index (χ0) is 32.1. The van der Waals surface area contributed by atoms with Crippen LogP contribution in [0.3, 0.4) is 0 Å². The summed E-state index contributed by atoms with van der Waals surface area (Å²) < 4.78 is 18.0. The van der Waals surface area contributed by atoms with Gasteiger partial charge in [-0.15, -0.1) is 6.58 Å². The number of allylic oxidation sites excluding steroid dienone is 1. The van der Waals surface area contributed by atoms with Crippen LogP contribution >= 0.6 is 22.6 Å². The standard InChI is InChI=1S/C33H43IN2O8/c1-4-5-6-7-12-30(39)36(15-13-23-10-8-9-11-27(23)42-2)26-19-24(33(41)35-14-16-37)20-28(31(26)40)44-32-25(34)17-22(21-38)18-29(32)43-3/h4,8-11,17-18,20,26,28,31,37-38,40H,1,5-7,12-16,19,21H2,2-3H3,(H,35,41)/t26-,28+,31+/m1/s1. The van der Waals surface area contributed by atoms with Gasteiger partial charge in [0.05, 0.1) is 37.0 Å². The molecular weight excluding hydrogens is 679 g/mol. The van der Waals surface area contributed by atoms with Crippen molar-refractivity contribution in [3.63, 3.8) is 0 Å². The van der Waals surface area contributed by atoms with Gasteiger partial charge in [0.2, 0.25) is 11.8 Å². The predicted octanol–water partition coefficient (Wildman–Crippen LogP) is 3.53. The first kappa shape index (κ1) is 35.4. The van der Waals surface area contributed by atoms with E-state index in [1.807, 2.05) is 30.3 Å². The molecule has 0 radical (unpaired) electrons. The fourth-order valence-electron chi connectivity index (χ4n) is 5.23. The Morgan fingerprint density at radius 2 is 1.89 bits per heavy atom. The fraction of sp³-hybridized carbons (Fsp3) is 0.455. The van der Waals surface area contributed by atoms with E-state index in [-0.39, 0.29) is 45.1 Å². The molecule has 0 unspecified atom stereocenters. The number of nitrogens with zero attached hydrogens (tertiary/aromatic N) is 1. The number of rotatable bonds is 17. The van der Waals surface area contributed by atoms with Crippen molar-refractivity contribution < 1.29 is 39.1 Å². The Morgan fingerprint density at radius 1 is 1.14 bits per heavy atom. The summed E-state index contributed by atoms with van der Waals surface area (Å²) in [6.45, 7) is 3.68. The molecule has 2 amide bonds. The van der Waals surface area contributed by atoms with Gasteiger partial charge in [0, 0.05) is 31.5 Å². The number of halogens is 1. The number of unbranched alkanes of at least 4 members (excludes halogenated alkanes) is 2. The normalized spacial score (nSPS) is 17.8. The smallest absolute Gasteiger partial charge is 0.247 e. The highest BCUT2D eigenvalue weighted by Crippen LogP contribution is 2.37. The van der Waals surface area contributed by atoms with Gasteiger partial charge >= 0.3 is 0 Å². The van der Waals surface area contributed by atoms with Crippen molar-refractivity contribution in [2.45, 2.75) is 63.4 Å². The van der Waals surface area contributed by atoms with E-state index in [0.717, 1.165) is 18.4 Å². The number of ether oxygens (including phenoxy) is 3. The first-order valence-electron chi connectivity index (χ1n) is 14.7. The summed E-state index contributed by atoms with van der Waals surface area (Å²) >= 11 is 2.07. The summed E-state index contributed by atoms with van der Waals surface area (Å²) in [5, 5.41) is 33.4. The lowest BCUT2D eigenvalue weighted by Crippen LogP contribution is -2.55. The topological polar surface area (TPSA) is 138 Å². The Bertz CT molecular complexity index is 1300. The molecule has 0 aromatic heterocycles. The van der Waals surface area contributed by atoms with E-state index in [1.54, 1.807) is 30.2 Å². The number of hydrogen-bond donors (Lipinski definition) is 4. The quantitative estimate of drug-likeness (QED) is 0.111. The van der Waals surface area contributed by atoms with Gasteiger partial charge in [-0.1, -0.05) is 24.3 Å². The van der Waals surface area contributed by atoms with E-state index in [1.165, 1.54) is 7.11 Å². The Kier molecular flexibility index (Phi) is 14.5. The maximum atomic E-state index is 13.8. The first-order valence-corrected chi connectivity index (χ1v) is 15.8. The number of aliphatic hydroxyl groups is 3. The number of nitrogens with one attached hydrogen (secondary N) is 1. The second-order valence-electron chi connectivity index (χ2n) is 10.5. The van der Waals surface area contributed by atoms with Gasteiger partial charge < -0.3 is 39.7 Å². The maximum absolute atomic E-state index is 13.8. The summed E-state index contributed by atoms with van der Waals surface area (Å²) in [7, 11) is 3.08. The summed E-state index contributed by atoms with van der Waals surface area (Å²) in [6, 6.07) is 10.2. The average Bonchev–Trinajstić information content (AvgIpc) is 3.04. The van der Waals surface area contributed by atoms with Crippen LogP contribution in [0.1, 0.15) is 43.2 Å². The van der Waals surface area contributed by atoms with Gasteiger partial charge in [0.1, 0.15) is 18.0 Å². The molecule has 44 heavy (non-hydrogen) atoms. The third-order valence-corrected chi connectivity index (χ3v) is 8.33. The maximum Gasteiger partial charge on any atom is 0.247 e. The van der Waals surface area contributed by atoms with Gasteiger partial charge in [0.15, 0.2) is 11.5 Å². The Hall–Kier alpha value is -3.13. The van der Waals surface area contributed by atoms with Gasteiger partial charge in [-0.3, -0.25) is 9.59 Å². The highest BCUT2D eigenvalue weighted by Gasteiger charge is 2.40. The van der Waals surface area contributed by atoms with Crippen LogP contribution in [0.25, 0.3) is 0 Å². The Balaban J connectivity index is 2.00. The van der Waals surface area contributed by atoms with E-state index in [2.05, 4.69) is 34.5 Å². The first-order chi connectivity index (χ1) is 21.3. The molecule has 11 heteroatoms. The lowest BCUT2D eigenvalue weighted by Gasteiger charge is -2.41. The second-order valence-corrected chi connectivity index (χ2v) is 11.6. The largest absolute Gasteiger partial charge is 0.496 e. The third-order valence-electron chi connectivity index (χ3n) is 7.52. The van der Waals surface area contributed by atoms with Crippen LogP contribution in [0.4, 0.5) is 0 Å². The molecule has 4 N–H and O–H groups in total. The van der Waals surface area contributed by atoms with E-state index >= 15 is 0 Å². The van der Waals surface area contributed by atoms with Crippen molar-refractivity contribution in [3.05, 3.63) is 75.4 Å². The molecule has 240 valence electrons. The minimum atomic E-state index is -1.18. The van der Waals surface area contributed by atoms with E-state index < -0.39 is 24.2 Å². The van der Waals surface area contributed by atoms with E-state index in [4.69, 9.17) is 14.2 Å². The number of amides is 2. The molecule has 0 fully saturated rings. The van der Waals surface area contributed by atoms with Crippen molar-refractivity contribution in [2.24, 2.45) is 0 Å². The van der Waals surface area contributed by atoms with Crippen LogP contribution < -0.4 is 19.5 Å². The molecule has 0 aliphatic heterocycles. The van der Waals surface area contributed by atoms with Crippen LogP contribution in [-0.4, -0.2) is 84.2 Å². The lowest BCUT2D eigenvalue weighted by molar-refractivity contribution is -0.138. The summed E-state index contributed by atoms with van der Waals surface area (Å²) in [5.41, 5.74) is 1.88. The highest BCUT2D eigenvalue weighted by atomic mass is 127. The van der Waals surface area contributed by atoms with E-state index in [9.17, 15) is 24.9 Å². The van der Waals surface area contributed by atoms with Crippen molar-refractivity contribution in [3.8, 4) is 17.2 Å². The van der Waals surface area contributed by atoms with Gasteiger partial charge in [-0.25, -0.2) is 0 Å². The number of aliphatic hydroxyl groups excluding tert-OH is 3. The van der Waals surface area contributed by atoms with Crippen molar-refractivity contribution in [1.29, 1.82) is 0 Å². The van der Waals surface area contributed by atoms with E-state index in [0.29, 0.717) is 44.8 Å². The molecule has 10 nitrogen and oxygen atoms in total. The number of carbonyl (C=O) groups is 2. The lowest BCUT2D eigenvalue weighted by atomic mass is 9.87. The van der Waals surface area contributed by atoms with Crippen molar-refractivity contribution >= 4 is 34.4 Å². The molecule has 3 rings (SSSR count). The van der Waals surface area contributed by atoms with Crippen LogP contribution in [0.15, 0.2) is 60.7 Å². The zero-order valence-corrected chi connectivity index (χ0v) is 27.5. The monoisotopic (exact) mass is 722 g/mol. The third kappa shape index (κ3) is 9.43. The van der Waals surface area contributed by atoms with Crippen molar-refractivity contribution in [1.82, 2.24) is 10.2 Å². The van der Waals surface area contributed by atoms with Crippen molar-refractivity contribution in [2.75, 3.05) is 33.9 Å². The van der Waals surface area contributed by atoms with Gasteiger partial charge in [-0.2, -0.15) is 0 Å². The minimum Gasteiger partial charge on any atom is -0.496 e. The fourth-order valence-corrected chi connectivity index (χ4v) is 6.02. The summed E-state index contributed by atoms with van der Waals surface area (Å²) in [5.74, 6) is 0.861. The molecule has 0 heterocycles. The molecule has 0 spiro atoms. The van der Waals surface area contributed by atoms with Gasteiger partial charge in [-0.05, 0) is 83.7 Å². The molecule has 0 saturated heterocycles. The molecule has 1 aliphatic carbocycles.